The van der Waals surface area contributed by atoms with E-state index in [0.717, 1.165) is 5.56 Å². The van der Waals surface area contributed by atoms with E-state index in [2.05, 4.69) is 4.98 Å². The molecule has 114 valence electrons. The van der Waals surface area contributed by atoms with Gasteiger partial charge in [-0.3, -0.25) is 14.6 Å². The molecule has 0 aliphatic carbocycles. The number of aliphatic carboxylic acids is 1. The van der Waals surface area contributed by atoms with Crippen molar-refractivity contribution in [2.75, 3.05) is 13.1 Å². The second-order valence-electron chi connectivity index (χ2n) is 6.45. The van der Waals surface area contributed by atoms with Crippen molar-refractivity contribution in [3.63, 3.8) is 0 Å². The largest absolute Gasteiger partial charge is 0.481 e. The minimum atomic E-state index is -0.821. The molecule has 1 N–H and O–H groups in total. The van der Waals surface area contributed by atoms with Gasteiger partial charge in [0.1, 0.15) is 0 Å². The normalized spacial score (nSPS) is 22.9. The van der Waals surface area contributed by atoms with Crippen LogP contribution in [0.5, 0.6) is 0 Å². The summed E-state index contributed by atoms with van der Waals surface area (Å²) >= 11 is 0. The number of hydrogen-bond acceptors (Lipinski definition) is 3. The fourth-order valence-corrected chi connectivity index (χ4v) is 2.95. The van der Waals surface area contributed by atoms with Crippen LogP contribution >= 0.6 is 0 Å². The summed E-state index contributed by atoms with van der Waals surface area (Å²) in [5.41, 5.74) is 0.147. The number of carboxylic acids is 1. The average molecular weight is 290 g/mol. The van der Waals surface area contributed by atoms with Crippen LogP contribution in [0, 0.1) is 11.8 Å². The van der Waals surface area contributed by atoms with Gasteiger partial charge < -0.3 is 10.0 Å². The SMILES string of the molecule is CC1CC(C(=O)O)CN(C(=O)C(C)(C)c2cccnc2)C1. The van der Waals surface area contributed by atoms with E-state index in [1.807, 2.05) is 32.9 Å². The fourth-order valence-electron chi connectivity index (χ4n) is 2.95. The number of carbonyl (C=O) groups is 2. The molecular formula is C16H22N2O3. The first-order chi connectivity index (χ1) is 9.82. The van der Waals surface area contributed by atoms with Gasteiger partial charge in [0.15, 0.2) is 0 Å². The highest BCUT2D eigenvalue weighted by molar-refractivity contribution is 5.88. The highest BCUT2D eigenvalue weighted by Crippen LogP contribution is 2.29. The van der Waals surface area contributed by atoms with Crippen molar-refractivity contribution in [3.8, 4) is 0 Å². The highest BCUT2D eigenvalue weighted by atomic mass is 16.4. The molecule has 1 aliphatic heterocycles. The maximum Gasteiger partial charge on any atom is 0.308 e. The van der Waals surface area contributed by atoms with E-state index in [1.54, 1.807) is 17.3 Å². The Balaban J connectivity index is 2.20. The third-order valence-corrected chi connectivity index (χ3v) is 4.21. The van der Waals surface area contributed by atoms with Gasteiger partial charge in [0.05, 0.1) is 11.3 Å². The second-order valence-corrected chi connectivity index (χ2v) is 6.45. The summed E-state index contributed by atoms with van der Waals surface area (Å²) in [7, 11) is 0. The smallest absolute Gasteiger partial charge is 0.308 e. The summed E-state index contributed by atoms with van der Waals surface area (Å²) in [4.78, 5) is 29.8. The summed E-state index contributed by atoms with van der Waals surface area (Å²) in [6.45, 7) is 6.63. The number of rotatable bonds is 3. The van der Waals surface area contributed by atoms with Crippen molar-refractivity contribution in [3.05, 3.63) is 30.1 Å². The number of pyridine rings is 1. The molecule has 0 aromatic carbocycles. The van der Waals surface area contributed by atoms with Crippen LogP contribution in [0.25, 0.3) is 0 Å². The van der Waals surface area contributed by atoms with Crippen LogP contribution in [-0.4, -0.2) is 40.0 Å². The molecule has 2 unspecified atom stereocenters. The van der Waals surface area contributed by atoms with Gasteiger partial charge in [-0.15, -0.1) is 0 Å². The van der Waals surface area contributed by atoms with E-state index >= 15 is 0 Å². The molecule has 0 saturated carbocycles. The average Bonchev–Trinajstić information content (AvgIpc) is 2.46. The molecule has 0 spiro atoms. The number of amides is 1. The maximum absolute atomic E-state index is 12.8. The van der Waals surface area contributed by atoms with Gasteiger partial charge >= 0.3 is 5.97 Å². The molecule has 5 nitrogen and oxygen atoms in total. The molecule has 1 aromatic rings. The van der Waals surface area contributed by atoms with E-state index < -0.39 is 17.3 Å². The molecule has 2 heterocycles. The monoisotopic (exact) mass is 290 g/mol. The lowest BCUT2D eigenvalue weighted by Gasteiger charge is -2.39. The van der Waals surface area contributed by atoms with Crippen LogP contribution in [0.3, 0.4) is 0 Å². The summed E-state index contributed by atoms with van der Waals surface area (Å²) in [6.07, 6.45) is 4.00. The molecule has 0 radical (unpaired) electrons. The van der Waals surface area contributed by atoms with E-state index in [0.29, 0.717) is 19.5 Å². The van der Waals surface area contributed by atoms with Crippen molar-refractivity contribution >= 4 is 11.9 Å². The lowest BCUT2D eigenvalue weighted by molar-refractivity contribution is -0.148. The minimum Gasteiger partial charge on any atom is -0.481 e. The molecule has 21 heavy (non-hydrogen) atoms. The number of nitrogens with zero attached hydrogens (tertiary/aromatic N) is 2. The zero-order chi connectivity index (χ0) is 15.6. The Morgan fingerprint density at radius 1 is 1.38 bits per heavy atom. The third-order valence-electron chi connectivity index (χ3n) is 4.21. The lowest BCUT2D eigenvalue weighted by atomic mass is 9.82. The van der Waals surface area contributed by atoms with Gasteiger partial charge in [-0.25, -0.2) is 0 Å². The fraction of sp³-hybridized carbons (Fsp3) is 0.562. The van der Waals surface area contributed by atoms with E-state index in [-0.39, 0.29) is 11.8 Å². The molecule has 2 atom stereocenters. The number of carbonyl (C=O) groups excluding carboxylic acids is 1. The van der Waals surface area contributed by atoms with Crippen molar-refractivity contribution in [1.29, 1.82) is 0 Å². The number of hydrogen-bond donors (Lipinski definition) is 1. The maximum atomic E-state index is 12.8. The summed E-state index contributed by atoms with van der Waals surface area (Å²) in [5, 5.41) is 9.23. The van der Waals surface area contributed by atoms with Crippen molar-refractivity contribution in [2.45, 2.75) is 32.6 Å². The third kappa shape index (κ3) is 3.23. The quantitative estimate of drug-likeness (QED) is 0.923. The lowest BCUT2D eigenvalue weighted by Crippen LogP contribution is -2.51. The molecule has 1 aromatic heterocycles. The van der Waals surface area contributed by atoms with E-state index in [1.165, 1.54) is 0 Å². The molecule has 1 fully saturated rings. The van der Waals surface area contributed by atoms with Gasteiger partial charge in [0.25, 0.3) is 0 Å². The first-order valence-corrected chi connectivity index (χ1v) is 7.25. The number of likely N-dealkylation sites (tertiary alicyclic amines) is 1. The molecule has 1 aliphatic rings. The zero-order valence-electron chi connectivity index (χ0n) is 12.7. The predicted molar refractivity (Wildman–Crippen MR) is 78.7 cm³/mol. The summed E-state index contributed by atoms with van der Waals surface area (Å²) in [5.74, 6) is -1.12. The van der Waals surface area contributed by atoms with Crippen LogP contribution in [0.1, 0.15) is 32.8 Å². The van der Waals surface area contributed by atoms with Crippen molar-refractivity contribution in [2.24, 2.45) is 11.8 Å². The number of carboxylic acid groups (broad SMARTS) is 1. The van der Waals surface area contributed by atoms with Crippen LogP contribution in [0.15, 0.2) is 24.5 Å². The van der Waals surface area contributed by atoms with Gasteiger partial charge in [-0.1, -0.05) is 13.0 Å². The topological polar surface area (TPSA) is 70.5 Å². The Morgan fingerprint density at radius 3 is 2.67 bits per heavy atom. The van der Waals surface area contributed by atoms with Gasteiger partial charge in [-0.05, 0) is 37.8 Å². The Kier molecular flexibility index (Phi) is 4.30. The Hall–Kier alpha value is -1.91. The van der Waals surface area contributed by atoms with Crippen LogP contribution in [-0.2, 0) is 15.0 Å². The van der Waals surface area contributed by atoms with E-state index in [9.17, 15) is 14.7 Å². The molecular weight excluding hydrogens is 268 g/mol. The molecule has 1 amide bonds. The molecule has 2 rings (SSSR count). The van der Waals surface area contributed by atoms with Crippen LogP contribution < -0.4 is 0 Å². The van der Waals surface area contributed by atoms with Crippen LogP contribution in [0.2, 0.25) is 0 Å². The van der Waals surface area contributed by atoms with Crippen molar-refractivity contribution in [1.82, 2.24) is 9.88 Å². The second kappa shape index (κ2) is 5.84. The first kappa shape index (κ1) is 15.5. The summed E-state index contributed by atoms with van der Waals surface area (Å²) in [6, 6.07) is 3.69. The Labute approximate surface area is 125 Å². The molecule has 0 bridgehead atoms. The van der Waals surface area contributed by atoms with Gasteiger partial charge in [0, 0.05) is 25.5 Å². The first-order valence-electron chi connectivity index (χ1n) is 7.25. The summed E-state index contributed by atoms with van der Waals surface area (Å²) < 4.78 is 0. The standard InChI is InChI=1S/C16H22N2O3/c1-11-7-12(14(19)20)10-18(9-11)15(21)16(2,3)13-5-4-6-17-8-13/h4-6,8,11-12H,7,9-10H2,1-3H3,(H,19,20). The Bertz CT molecular complexity index is 528. The number of piperidine rings is 1. The predicted octanol–water partition coefficient (Wildman–Crippen LogP) is 1.93. The highest BCUT2D eigenvalue weighted by Gasteiger charge is 2.39. The van der Waals surface area contributed by atoms with E-state index in [4.69, 9.17) is 0 Å². The minimum absolute atomic E-state index is 0.0340. The number of aromatic nitrogens is 1. The van der Waals surface area contributed by atoms with Gasteiger partial charge in [-0.2, -0.15) is 0 Å². The Morgan fingerprint density at radius 2 is 2.10 bits per heavy atom. The molecule has 5 heteroatoms. The molecule has 1 saturated heterocycles. The van der Waals surface area contributed by atoms with Crippen molar-refractivity contribution < 1.29 is 14.7 Å². The zero-order valence-corrected chi connectivity index (χ0v) is 12.7. The van der Waals surface area contributed by atoms with Gasteiger partial charge in [0.2, 0.25) is 5.91 Å². The van der Waals surface area contributed by atoms with Crippen LogP contribution in [0.4, 0.5) is 0 Å².